The third kappa shape index (κ3) is 3.58. The van der Waals surface area contributed by atoms with Crippen LogP contribution in [-0.2, 0) is 0 Å². The lowest BCUT2D eigenvalue weighted by Crippen LogP contribution is -2.62. The first-order valence-electron chi connectivity index (χ1n) is 9.78. The van der Waals surface area contributed by atoms with Gasteiger partial charge in [0, 0.05) is 43.0 Å². The molecule has 0 radical (unpaired) electrons. The van der Waals surface area contributed by atoms with Crippen LogP contribution < -0.4 is 10.2 Å². The second kappa shape index (κ2) is 7.55. The van der Waals surface area contributed by atoms with Crippen molar-refractivity contribution in [2.45, 2.75) is 32.4 Å². The molecule has 0 bridgehead atoms. The number of aromatic amines is 1. The minimum atomic E-state index is -0.892. The molecule has 0 amide bonds. The number of H-pyrrole nitrogens is 1. The summed E-state index contributed by atoms with van der Waals surface area (Å²) >= 11 is 6.39. The molecule has 1 fully saturated rings. The van der Waals surface area contributed by atoms with E-state index in [1.807, 2.05) is 37.8 Å². The molecular weight excluding hydrogens is 393 g/mol. The molecule has 2 atom stereocenters. The number of aromatic nitrogens is 3. The van der Waals surface area contributed by atoms with Gasteiger partial charge in [0.25, 0.3) is 0 Å². The Hall–Kier alpha value is -2.22. The monoisotopic (exact) mass is 417 g/mol. The fourth-order valence-electron chi connectivity index (χ4n) is 3.76. The highest BCUT2D eigenvalue weighted by atomic mass is 35.5. The van der Waals surface area contributed by atoms with Gasteiger partial charge in [-0.15, -0.1) is 0 Å². The Bertz CT molecular complexity index is 1040. The zero-order valence-electron chi connectivity index (χ0n) is 16.7. The van der Waals surface area contributed by atoms with Gasteiger partial charge in [-0.25, -0.2) is 14.4 Å². The van der Waals surface area contributed by atoms with Crippen molar-refractivity contribution in [2.24, 2.45) is 5.92 Å². The van der Waals surface area contributed by atoms with Crippen LogP contribution in [0.25, 0.3) is 22.3 Å². The summed E-state index contributed by atoms with van der Waals surface area (Å²) in [5.74, 6) is 0.114. The molecule has 1 saturated heterocycles. The van der Waals surface area contributed by atoms with Gasteiger partial charge in [-0.2, -0.15) is 0 Å². The maximum atomic E-state index is 14.8. The van der Waals surface area contributed by atoms with Crippen molar-refractivity contribution in [1.82, 2.24) is 20.3 Å². The average Bonchev–Trinajstić information content (AvgIpc) is 3.12. The van der Waals surface area contributed by atoms with E-state index in [2.05, 4.69) is 20.3 Å². The smallest absolute Gasteiger partial charge is 0.151 e. The number of anilines is 1. The summed E-state index contributed by atoms with van der Waals surface area (Å²) in [7, 11) is 0. The van der Waals surface area contributed by atoms with Crippen LogP contribution in [-0.4, -0.2) is 51.3 Å². The Kier molecular flexibility index (Phi) is 5.23. The summed E-state index contributed by atoms with van der Waals surface area (Å²) in [6, 6.07) is 4.85. The molecule has 1 aliphatic heterocycles. The zero-order valence-corrected chi connectivity index (χ0v) is 17.5. The minimum Gasteiger partial charge on any atom is -0.388 e. The molecule has 0 aliphatic carbocycles. The fraction of sp³-hybridized carbons (Fsp3) is 0.429. The molecule has 0 saturated carbocycles. The summed E-state index contributed by atoms with van der Waals surface area (Å²) in [5.41, 5.74) is 0.658. The molecule has 3 aromatic rings. The quantitative estimate of drug-likeness (QED) is 0.604. The fourth-order valence-corrected chi connectivity index (χ4v) is 4.01. The number of nitrogens with one attached hydrogen (secondary N) is 2. The first-order valence-corrected chi connectivity index (χ1v) is 10.2. The van der Waals surface area contributed by atoms with Gasteiger partial charge in [0.05, 0.1) is 16.7 Å². The highest BCUT2D eigenvalue weighted by molar-refractivity contribution is 6.33. The SMILES string of the molecule is CC(C)[C@@](C)(O)[C@@H]1CN(c2nc(-c3c[nH]c4ncccc34)c(F)cc2Cl)CCN1. The van der Waals surface area contributed by atoms with E-state index < -0.39 is 11.4 Å². The Morgan fingerprint density at radius 2 is 2.21 bits per heavy atom. The lowest BCUT2D eigenvalue weighted by molar-refractivity contribution is -0.0231. The van der Waals surface area contributed by atoms with Gasteiger partial charge in [-0.3, -0.25) is 0 Å². The van der Waals surface area contributed by atoms with Gasteiger partial charge in [0.1, 0.15) is 17.2 Å². The molecule has 0 unspecified atom stereocenters. The Morgan fingerprint density at radius 3 is 2.97 bits per heavy atom. The average molecular weight is 418 g/mol. The van der Waals surface area contributed by atoms with Crippen LogP contribution in [0.2, 0.25) is 5.02 Å². The first-order chi connectivity index (χ1) is 13.8. The first kappa shape index (κ1) is 20.1. The molecule has 3 aromatic heterocycles. The molecule has 0 spiro atoms. The molecule has 8 heteroatoms. The van der Waals surface area contributed by atoms with Gasteiger partial charge in [-0.05, 0) is 31.0 Å². The predicted octanol–water partition coefficient (Wildman–Crippen LogP) is 3.60. The zero-order chi connectivity index (χ0) is 20.8. The molecule has 1 aliphatic rings. The van der Waals surface area contributed by atoms with Crippen molar-refractivity contribution in [1.29, 1.82) is 0 Å². The molecule has 4 heterocycles. The van der Waals surface area contributed by atoms with Crippen molar-refractivity contribution in [3.63, 3.8) is 0 Å². The second-order valence-corrected chi connectivity index (χ2v) is 8.47. The maximum Gasteiger partial charge on any atom is 0.151 e. The van der Waals surface area contributed by atoms with Crippen molar-refractivity contribution in [2.75, 3.05) is 24.5 Å². The predicted molar refractivity (Wildman–Crippen MR) is 114 cm³/mol. The summed E-state index contributed by atoms with van der Waals surface area (Å²) in [5, 5.41) is 15.3. The van der Waals surface area contributed by atoms with E-state index in [4.69, 9.17) is 11.6 Å². The van der Waals surface area contributed by atoms with Crippen LogP contribution in [0.15, 0.2) is 30.6 Å². The van der Waals surface area contributed by atoms with Crippen LogP contribution in [0.1, 0.15) is 20.8 Å². The second-order valence-electron chi connectivity index (χ2n) is 8.06. The molecule has 3 N–H and O–H groups in total. The number of hydrogen-bond acceptors (Lipinski definition) is 5. The van der Waals surface area contributed by atoms with Crippen molar-refractivity contribution >= 4 is 28.5 Å². The maximum absolute atomic E-state index is 14.8. The lowest BCUT2D eigenvalue weighted by Gasteiger charge is -2.43. The van der Waals surface area contributed by atoms with E-state index in [-0.39, 0.29) is 22.7 Å². The molecule has 0 aromatic carbocycles. The molecule has 4 rings (SSSR count). The van der Waals surface area contributed by atoms with Crippen molar-refractivity contribution in [3.05, 3.63) is 41.4 Å². The van der Waals surface area contributed by atoms with Crippen LogP contribution in [0.3, 0.4) is 0 Å². The van der Waals surface area contributed by atoms with E-state index in [0.29, 0.717) is 36.7 Å². The van der Waals surface area contributed by atoms with Gasteiger partial charge in [0.15, 0.2) is 5.82 Å². The normalized spacial score (nSPS) is 19.7. The summed E-state index contributed by atoms with van der Waals surface area (Å²) in [6.45, 7) is 7.69. The Balaban J connectivity index is 1.73. The molecular formula is C21H25ClFN5O. The number of halogens is 2. The number of pyridine rings is 2. The standard InChI is InChI=1S/C21H25ClFN5O/c1-12(2)21(3,29)17-11-28(8-7-24-17)20-15(22)9-16(23)18(27-20)14-10-26-19-13(14)5-4-6-25-19/h4-6,9-10,12,17,24,29H,7-8,11H2,1-3H3,(H,25,26)/t17-,21+/m0/s1. The summed E-state index contributed by atoms with van der Waals surface area (Å²) in [4.78, 5) is 13.9. The molecule has 6 nitrogen and oxygen atoms in total. The van der Waals surface area contributed by atoms with Crippen LogP contribution >= 0.6 is 11.6 Å². The number of fused-ring (bicyclic) bond motifs is 1. The van der Waals surface area contributed by atoms with E-state index in [1.54, 1.807) is 12.4 Å². The number of aliphatic hydroxyl groups is 1. The van der Waals surface area contributed by atoms with Crippen LogP contribution in [0.4, 0.5) is 10.2 Å². The summed E-state index contributed by atoms with van der Waals surface area (Å²) < 4.78 is 14.8. The topological polar surface area (TPSA) is 77.1 Å². The third-order valence-electron chi connectivity index (χ3n) is 5.97. The van der Waals surface area contributed by atoms with E-state index in [9.17, 15) is 9.50 Å². The third-order valence-corrected chi connectivity index (χ3v) is 6.24. The van der Waals surface area contributed by atoms with Crippen LogP contribution in [0, 0.1) is 11.7 Å². The van der Waals surface area contributed by atoms with Crippen molar-refractivity contribution < 1.29 is 9.50 Å². The van der Waals surface area contributed by atoms with Crippen LogP contribution in [0.5, 0.6) is 0 Å². The van der Waals surface area contributed by atoms with E-state index in [0.717, 1.165) is 5.39 Å². The number of hydrogen-bond donors (Lipinski definition) is 3. The van der Waals surface area contributed by atoms with Gasteiger partial charge >= 0.3 is 0 Å². The number of nitrogens with zero attached hydrogens (tertiary/aromatic N) is 3. The Labute approximate surface area is 174 Å². The van der Waals surface area contributed by atoms with E-state index >= 15 is 0 Å². The van der Waals surface area contributed by atoms with Gasteiger partial charge in [-0.1, -0.05) is 25.4 Å². The van der Waals surface area contributed by atoms with Gasteiger partial charge in [0.2, 0.25) is 0 Å². The van der Waals surface area contributed by atoms with Crippen molar-refractivity contribution in [3.8, 4) is 11.3 Å². The summed E-state index contributed by atoms with van der Waals surface area (Å²) in [6.07, 6.45) is 3.39. The number of rotatable bonds is 4. The largest absolute Gasteiger partial charge is 0.388 e. The van der Waals surface area contributed by atoms with Gasteiger partial charge < -0.3 is 20.3 Å². The van der Waals surface area contributed by atoms with E-state index in [1.165, 1.54) is 6.07 Å². The molecule has 29 heavy (non-hydrogen) atoms. The number of piperazine rings is 1. The molecule has 154 valence electrons. The Morgan fingerprint density at radius 1 is 1.41 bits per heavy atom. The highest BCUT2D eigenvalue weighted by Gasteiger charge is 2.38. The lowest BCUT2D eigenvalue weighted by atomic mass is 9.84. The minimum absolute atomic E-state index is 0.0749. The highest BCUT2D eigenvalue weighted by Crippen LogP contribution is 2.34.